The van der Waals surface area contributed by atoms with E-state index >= 15 is 0 Å². The third kappa shape index (κ3) is 3.29. The molecule has 0 N–H and O–H groups in total. The van der Waals surface area contributed by atoms with Gasteiger partial charge in [0.05, 0.1) is 5.41 Å². The number of hydrogen-bond acceptors (Lipinski definition) is 2. The molecule has 2 heteroatoms. The van der Waals surface area contributed by atoms with Gasteiger partial charge < -0.3 is 4.74 Å². The molecule has 2 aliphatic rings. The molecule has 0 aromatic carbocycles. The molecule has 2 rings (SSSR count). The fourth-order valence-corrected chi connectivity index (χ4v) is 4.36. The zero-order valence-corrected chi connectivity index (χ0v) is 15.0. The number of carbonyl (C=O) groups excluding carboxylic acids is 1. The Kier molecular flexibility index (Phi) is 4.23. The molecule has 2 aliphatic carbocycles. The maximum Gasteiger partial charge on any atom is 0.313 e. The van der Waals surface area contributed by atoms with E-state index in [0.29, 0.717) is 0 Å². The van der Waals surface area contributed by atoms with Gasteiger partial charge in [-0.1, -0.05) is 48.0 Å². The number of ether oxygens (including phenoxy) is 1. The molecule has 0 aromatic rings. The first kappa shape index (κ1) is 16.8. The minimum absolute atomic E-state index is 0.0891. The second-order valence-corrected chi connectivity index (χ2v) is 9.37. The molecule has 0 heterocycles. The van der Waals surface area contributed by atoms with Crippen LogP contribution in [-0.2, 0) is 9.53 Å². The predicted octanol–water partition coefficient (Wildman–Crippen LogP) is 5.50. The van der Waals surface area contributed by atoms with Gasteiger partial charge in [0.2, 0.25) is 0 Å². The fraction of sp³-hybridized carbons (Fsp3) is 0.947. The first-order valence-corrected chi connectivity index (χ1v) is 8.79. The van der Waals surface area contributed by atoms with E-state index in [4.69, 9.17) is 4.74 Å². The van der Waals surface area contributed by atoms with Crippen LogP contribution in [-0.4, -0.2) is 11.6 Å². The zero-order valence-electron chi connectivity index (χ0n) is 15.0. The molecule has 122 valence electrons. The Morgan fingerprint density at radius 2 is 1.62 bits per heavy atom. The Labute approximate surface area is 131 Å². The van der Waals surface area contributed by atoms with Gasteiger partial charge in [-0.15, -0.1) is 0 Å². The number of hydrogen-bond donors (Lipinski definition) is 0. The highest BCUT2D eigenvalue weighted by molar-refractivity contribution is 5.82. The first-order valence-electron chi connectivity index (χ1n) is 8.79. The summed E-state index contributed by atoms with van der Waals surface area (Å²) < 4.78 is 6.20. The number of carbonyl (C=O) groups is 1. The molecule has 21 heavy (non-hydrogen) atoms. The minimum Gasteiger partial charge on any atom is -0.459 e. The molecule has 0 radical (unpaired) electrons. The van der Waals surface area contributed by atoms with Gasteiger partial charge in [0.1, 0.15) is 5.60 Å². The van der Waals surface area contributed by atoms with Crippen molar-refractivity contribution >= 4 is 5.97 Å². The molecular weight excluding hydrogens is 260 g/mol. The van der Waals surface area contributed by atoms with Crippen LogP contribution in [0.15, 0.2) is 0 Å². The number of esters is 1. The normalized spacial score (nSPS) is 30.8. The van der Waals surface area contributed by atoms with Crippen molar-refractivity contribution in [3.05, 3.63) is 0 Å². The highest BCUT2D eigenvalue weighted by atomic mass is 16.6. The van der Waals surface area contributed by atoms with Gasteiger partial charge in [0.25, 0.3) is 0 Å². The van der Waals surface area contributed by atoms with Gasteiger partial charge in [-0.25, -0.2) is 0 Å². The third-order valence-electron chi connectivity index (χ3n) is 5.86. The summed E-state index contributed by atoms with van der Waals surface area (Å²) in [5.41, 5.74) is -0.149. The second kappa shape index (κ2) is 5.28. The van der Waals surface area contributed by atoms with E-state index in [1.54, 1.807) is 0 Å². The summed E-state index contributed by atoms with van der Waals surface area (Å²) in [6.45, 7) is 13.3. The van der Waals surface area contributed by atoms with Crippen molar-refractivity contribution in [3.8, 4) is 0 Å². The molecule has 0 amide bonds. The summed E-state index contributed by atoms with van der Waals surface area (Å²) in [7, 11) is 0. The van der Waals surface area contributed by atoms with E-state index in [2.05, 4.69) is 41.5 Å². The van der Waals surface area contributed by atoms with Crippen LogP contribution in [0.5, 0.6) is 0 Å². The van der Waals surface area contributed by atoms with Crippen molar-refractivity contribution in [3.63, 3.8) is 0 Å². The Morgan fingerprint density at radius 1 is 1.10 bits per heavy atom. The van der Waals surface area contributed by atoms with E-state index in [9.17, 15) is 4.79 Å². The lowest BCUT2D eigenvalue weighted by molar-refractivity contribution is -0.173. The topological polar surface area (TPSA) is 26.3 Å². The highest BCUT2D eigenvalue weighted by Gasteiger charge is 2.68. The molecule has 2 fully saturated rings. The maximum atomic E-state index is 13.0. The standard InChI is InChI=1S/C19H34O2/c1-7-18(11-9-8-10-12-18)21-15(20)19(13-16(2,3)4)14-17(19,5)6/h7-14H2,1-6H3. The fourth-order valence-electron chi connectivity index (χ4n) is 4.36. The maximum absolute atomic E-state index is 13.0. The van der Waals surface area contributed by atoms with E-state index < -0.39 is 0 Å². The van der Waals surface area contributed by atoms with E-state index in [-0.39, 0.29) is 27.8 Å². The zero-order chi connectivity index (χ0) is 15.9. The summed E-state index contributed by atoms with van der Waals surface area (Å²) >= 11 is 0. The highest BCUT2D eigenvalue weighted by Crippen LogP contribution is 2.68. The summed E-state index contributed by atoms with van der Waals surface area (Å²) in [6.07, 6.45) is 8.69. The lowest BCUT2D eigenvalue weighted by Crippen LogP contribution is -2.41. The van der Waals surface area contributed by atoms with Crippen LogP contribution in [0.4, 0.5) is 0 Å². The predicted molar refractivity (Wildman–Crippen MR) is 87.1 cm³/mol. The molecule has 1 unspecified atom stereocenters. The molecule has 0 bridgehead atoms. The van der Waals surface area contributed by atoms with Crippen molar-refractivity contribution in [1.29, 1.82) is 0 Å². The summed E-state index contributed by atoms with van der Waals surface area (Å²) in [6, 6.07) is 0. The molecule has 1 atom stereocenters. The second-order valence-electron chi connectivity index (χ2n) is 9.37. The van der Waals surface area contributed by atoms with Gasteiger partial charge in [-0.3, -0.25) is 4.79 Å². The Hall–Kier alpha value is -0.530. The average Bonchev–Trinajstić information content (AvgIpc) is 2.91. The Balaban J connectivity index is 2.13. The summed E-state index contributed by atoms with van der Waals surface area (Å²) in [5, 5.41) is 0. The van der Waals surface area contributed by atoms with Gasteiger partial charge >= 0.3 is 5.97 Å². The third-order valence-corrected chi connectivity index (χ3v) is 5.86. The van der Waals surface area contributed by atoms with Crippen LogP contribution in [0.2, 0.25) is 0 Å². The quantitative estimate of drug-likeness (QED) is 0.640. The van der Waals surface area contributed by atoms with Gasteiger partial charge in [-0.2, -0.15) is 0 Å². The summed E-state index contributed by atoms with van der Waals surface area (Å²) in [5.74, 6) is 0.0891. The van der Waals surface area contributed by atoms with Crippen molar-refractivity contribution in [1.82, 2.24) is 0 Å². The van der Waals surface area contributed by atoms with Crippen LogP contribution in [0.25, 0.3) is 0 Å². The van der Waals surface area contributed by atoms with Gasteiger partial charge in [-0.05, 0) is 55.8 Å². The van der Waals surface area contributed by atoms with Gasteiger partial charge in [0, 0.05) is 0 Å². The van der Waals surface area contributed by atoms with Crippen LogP contribution >= 0.6 is 0 Å². The van der Waals surface area contributed by atoms with Crippen LogP contribution in [0, 0.1) is 16.2 Å². The molecule has 2 nitrogen and oxygen atoms in total. The van der Waals surface area contributed by atoms with Crippen molar-refractivity contribution in [2.45, 2.75) is 98.5 Å². The van der Waals surface area contributed by atoms with E-state index in [1.165, 1.54) is 19.3 Å². The average molecular weight is 294 g/mol. The van der Waals surface area contributed by atoms with Crippen LogP contribution in [0.1, 0.15) is 92.9 Å². The minimum atomic E-state index is -0.245. The molecular formula is C19H34O2. The first-order chi connectivity index (χ1) is 9.56. The number of rotatable bonds is 4. The smallest absolute Gasteiger partial charge is 0.313 e. The van der Waals surface area contributed by atoms with Crippen molar-refractivity contribution in [2.75, 3.05) is 0 Å². The van der Waals surface area contributed by atoms with Crippen molar-refractivity contribution in [2.24, 2.45) is 16.2 Å². The monoisotopic (exact) mass is 294 g/mol. The lowest BCUT2D eigenvalue weighted by atomic mass is 9.78. The molecule has 0 aliphatic heterocycles. The lowest BCUT2D eigenvalue weighted by Gasteiger charge is -2.38. The van der Waals surface area contributed by atoms with Crippen LogP contribution < -0.4 is 0 Å². The Bertz CT molecular complexity index is 396. The molecule has 2 saturated carbocycles. The van der Waals surface area contributed by atoms with E-state index in [1.807, 2.05) is 0 Å². The van der Waals surface area contributed by atoms with Crippen LogP contribution in [0.3, 0.4) is 0 Å². The van der Waals surface area contributed by atoms with Crippen molar-refractivity contribution < 1.29 is 9.53 Å². The Morgan fingerprint density at radius 3 is 2.00 bits per heavy atom. The molecule has 0 spiro atoms. The SMILES string of the molecule is CCC1(OC(=O)C2(CC(C)(C)C)CC2(C)C)CCCCC1. The largest absolute Gasteiger partial charge is 0.459 e. The summed E-state index contributed by atoms with van der Waals surface area (Å²) in [4.78, 5) is 13.0. The van der Waals surface area contributed by atoms with E-state index in [0.717, 1.165) is 32.1 Å². The van der Waals surface area contributed by atoms with Gasteiger partial charge in [0.15, 0.2) is 0 Å². The molecule has 0 saturated heterocycles. The molecule has 0 aromatic heterocycles.